The Bertz CT molecular complexity index is 956. The summed E-state index contributed by atoms with van der Waals surface area (Å²) in [4.78, 5) is 23.7. The number of carbonyl (C=O) groups is 1. The van der Waals surface area contributed by atoms with E-state index in [1.54, 1.807) is 23.1 Å². The molecule has 3 rings (SSSR count). The molecule has 0 N–H and O–H groups in total. The third-order valence-electron chi connectivity index (χ3n) is 5.28. The monoisotopic (exact) mass is 427 g/mol. The fourth-order valence-corrected chi connectivity index (χ4v) is 5.12. The molecule has 6 heteroatoms. The fourth-order valence-electron chi connectivity index (χ4n) is 3.40. The quantitative estimate of drug-likeness (QED) is 0.437. The minimum absolute atomic E-state index is 0.0245. The molecule has 154 valence electrons. The number of likely N-dealkylation sites (N-methyl/N-ethyl adjacent to an activating group) is 1. The zero-order chi connectivity index (χ0) is 21.0. The number of aromatic nitrogens is 1. The second-order valence-corrected chi connectivity index (χ2v) is 8.88. The lowest BCUT2D eigenvalue weighted by Crippen LogP contribution is -2.39. The van der Waals surface area contributed by atoms with E-state index in [1.165, 1.54) is 10.3 Å². The topological polar surface area (TPSA) is 36.4 Å². The lowest BCUT2D eigenvalue weighted by Gasteiger charge is -2.25. The van der Waals surface area contributed by atoms with Crippen LogP contribution in [0.1, 0.15) is 35.3 Å². The Balaban J connectivity index is 2.04. The first-order valence-corrected chi connectivity index (χ1v) is 12.1. The summed E-state index contributed by atoms with van der Waals surface area (Å²) in [6.07, 6.45) is 2.01. The number of rotatable bonds is 8. The Labute approximate surface area is 181 Å². The van der Waals surface area contributed by atoms with E-state index in [0.717, 1.165) is 46.3 Å². The number of amides is 1. The number of aryl methyl sites for hydroxylation is 2. The van der Waals surface area contributed by atoms with Crippen LogP contribution in [0.4, 0.5) is 5.13 Å². The lowest BCUT2D eigenvalue weighted by molar-refractivity contribution is 0.0981. The van der Waals surface area contributed by atoms with Crippen molar-refractivity contribution >= 4 is 44.4 Å². The first-order chi connectivity index (χ1) is 14.0. The van der Waals surface area contributed by atoms with Crippen LogP contribution in [0.25, 0.3) is 10.2 Å². The number of hydrogen-bond acceptors (Lipinski definition) is 5. The summed E-state index contributed by atoms with van der Waals surface area (Å²) in [5.74, 6) is 0.0245. The molecule has 29 heavy (non-hydrogen) atoms. The Kier molecular flexibility index (Phi) is 7.33. The van der Waals surface area contributed by atoms with E-state index < -0.39 is 0 Å². The smallest absolute Gasteiger partial charge is 0.261 e. The SMILES string of the molecule is CCN(CC)CCN(C(=O)c1ccccc1SC)c1nc2c(C)ccc(C)c2s1. The van der Waals surface area contributed by atoms with Crippen molar-refractivity contribution in [2.45, 2.75) is 32.6 Å². The predicted molar refractivity (Wildman–Crippen MR) is 127 cm³/mol. The number of fused-ring (bicyclic) bond motifs is 1. The third kappa shape index (κ3) is 4.65. The van der Waals surface area contributed by atoms with Gasteiger partial charge in [0.05, 0.1) is 15.8 Å². The van der Waals surface area contributed by atoms with Crippen molar-refractivity contribution in [2.24, 2.45) is 0 Å². The van der Waals surface area contributed by atoms with Crippen molar-refractivity contribution in [3.63, 3.8) is 0 Å². The molecule has 4 nitrogen and oxygen atoms in total. The number of thiazole rings is 1. The highest BCUT2D eigenvalue weighted by molar-refractivity contribution is 7.98. The van der Waals surface area contributed by atoms with Crippen LogP contribution < -0.4 is 4.90 Å². The number of thioether (sulfide) groups is 1. The molecule has 0 aliphatic rings. The minimum atomic E-state index is 0.0245. The molecule has 1 heterocycles. The minimum Gasteiger partial charge on any atom is -0.302 e. The molecule has 0 spiro atoms. The molecule has 0 saturated heterocycles. The normalized spacial score (nSPS) is 11.4. The molecule has 2 aromatic carbocycles. The van der Waals surface area contributed by atoms with Gasteiger partial charge in [0.15, 0.2) is 5.13 Å². The Hall–Kier alpha value is -1.89. The summed E-state index contributed by atoms with van der Waals surface area (Å²) in [7, 11) is 0. The number of hydrogen-bond donors (Lipinski definition) is 0. The Morgan fingerprint density at radius 1 is 1.03 bits per heavy atom. The summed E-state index contributed by atoms with van der Waals surface area (Å²) in [6, 6.07) is 12.1. The molecule has 1 amide bonds. The van der Waals surface area contributed by atoms with Crippen LogP contribution in [-0.4, -0.2) is 48.2 Å². The van der Waals surface area contributed by atoms with Gasteiger partial charge in [-0.1, -0.05) is 49.4 Å². The van der Waals surface area contributed by atoms with Gasteiger partial charge in [0.1, 0.15) is 0 Å². The van der Waals surface area contributed by atoms with Crippen molar-refractivity contribution < 1.29 is 4.79 Å². The number of nitrogens with zero attached hydrogens (tertiary/aromatic N) is 3. The van der Waals surface area contributed by atoms with Crippen molar-refractivity contribution in [3.05, 3.63) is 53.1 Å². The van der Waals surface area contributed by atoms with Gasteiger partial charge in [0, 0.05) is 18.0 Å². The van der Waals surface area contributed by atoms with Gasteiger partial charge >= 0.3 is 0 Å². The van der Waals surface area contributed by atoms with E-state index >= 15 is 0 Å². The maximum atomic E-state index is 13.6. The Morgan fingerprint density at radius 2 is 1.72 bits per heavy atom. The van der Waals surface area contributed by atoms with Crippen molar-refractivity contribution in [2.75, 3.05) is 37.3 Å². The van der Waals surface area contributed by atoms with Crippen molar-refractivity contribution in [1.29, 1.82) is 0 Å². The third-order valence-corrected chi connectivity index (χ3v) is 7.29. The first-order valence-electron chi connectivity index (χ1n) is 10.0. The van der Waals surface area contributed by atoms with E-state index in [4.69, 9.17) is 4.98 Å². The second kappa shape index (κ2) is 9.74. The predicted octanol–water partition coefficient (Wildman–Crippen LogP) is 5.62. The van der Waals surface area contributed by atoms with Gasteiger partial charge in [-0.3, -0.25) is 9.69 Å². The molecule has 0 fully saturated rings. The molecule has 0 aliphatic carbocycles. The standard InChI is InChI=1S/C23H29N3OS2/c1-6-25(7-2)14-15-26(22(27)18-10-8-9-11-19(18)28-5)23-24-20-16(3)12-13-17(4)21(20)29-23/h8-13H,6-7,14-15H2,1-5H3. The van der Waals surface area contributed by atoms with Gasteiger partial charge in [-0.25, -0.2) is 4.98 Å². The van der Waals surface area contributed by atoms with Crippen molar-refractivity contribution in [1.82, 2.24) is 9.88 Å². The van der Waals surface area contributed by atoms with Gasteiger partial charge in [-0.2, -0.15) is 0 Å². The van der Waals surface area contributed by atoms with Gasteiger partial charge in [-0.15, -0.1) is 11.8 Å². The molecule has 0 saturated carbocycles. The van der Waals surface area contributed by atoms with Crippen LogP contribution in [0, 0.1) is 13.8 Å². The molecule has 0 unspecified atom stereocenters. The molecule has 3 aromatic rings. The molecule has 0 bridgehead atoms. The average molecular weight is 428 g/mol. The summed E-state index contributed by atoms with van der Waals surface area (Å²) in [6.45, 7) is 11.9. The first kappa shape index (κ1) is 21.8. The Morgan fingerprint density at radius 3 is 2.38 bits per heavy atom. The van der Waals surface area contributed by atoms with Crippen LogP contribution in [0.3, 0.4) is 0 Å². The number of anilines is 1. The largest absolute Gasteiger partial charge is 0.302 e. The molecule has 0 radical (unpaired) electrons. The van der Waals surface area contributed by atoms with Crippen LogP contribution in [0.5, 0.6) is 0 Å². The molecule has 0 aliphatic heterocycles. The van der Waals surface area contributed by atoms with E-state index in [-0.39, 0.29) is 5.91 Å². The highest BCUT2D eigenvalue weighted by atomic mass is 32.2. The maximum absolute atomic E-state index is 13.6. The summed E-state index contributed by atoms with van der Waals surface area (Å²) < 4.78 is 1.17. The van der Waals surface area contributed by atoms with Gasteiger partial charge in [0.25, 0.3) is 5.91 Å². The van der Waals surface area contributed by atoms with Crippen LogP contribution in [0.2, 0.25) is 0 Å². The maximum Gasteiger partial charge on any atom is 0.261 e. The second-order valence-electron chi connectivity index (χ2n) is 7.06. The summed E-state index contributed by atoms with van der Waals surface area (Å²) in [5, 5.41) is 0.783. The molecular formula is C23H29N3OS2. The highest BCUT2D eigenvalue weighted by Crippen LogP contribution is 2.34. The van der Waals surface area contributed by atoms with Crippen molar-refractivity contribution in [3.8, 4) is 0 Å². The summed E-state index contributed by atoms with van der Waals surface area (Å²) >= 11 is 3.22. The van der Waals surface area contributed by atoms with E-state index in [0.29, 0.717) is 6.54 Å². The van der Waals surface area contributed by atoms with E-state index in [2.05, 4.69) is 44.7 Å². The molecule has 1 aromatic heterocycles. The summed E-state index contributed by atoms with van der Waals surface area (Å²) in [5.41, 5.74) is 4.10. The fraction of sp³-hybridized carbons (Fsp3) is 0.391. The van der Waals surface area contributed by atoms with Gasteiger partial charge in [0.2, 0.25) is 0 Å². The van der Waals surface area contributed by atoms with Gasteiger partial charge in [-0.05, 0) is 56.5 Å². The zero-order valence-electron chi connectivity index (χ0n) is 17.9. The van der Waals surface area contributed by atoms with E-state index in [9.17, 15) is 4.79 Å². The highest BCUT2D eigenvalue weighted by Gasteiger charge is 2.24. The van der Waals surface area contributed by atoms with Crippen LogP contribution >= 0.6 is 23.1 Å². The number of carbonyl (C=O) groups excluding carboxylic acids is 1. The zero-order valence-corrected chi connectivity index (χ0v) is 19.5. The van der Waals surface area contributed by atoms with Crippen LogP contribution in [-0.2, 0) is 0 Å². The lowest BCUT2D eigenvalue weighted by atomic mass is 10.1. The molecule has 0 atom stereocenters. The van der Waals surface area contributed by atoms with Gasteiger partial charge < -0.3 is 4.90 Å². The number of benzene rings is 2. The van der Waals surface area contributed by atoms with Crippen LogP contribution in [0.15, 0.2) is 41.3 Å². The molecular weight excluding hydrogens is 398 g/mol. The average Bonchev–Trinajstić information content (AvgIpc) is 3.20. The van der Waals surface area contributed by atoms with E-state index in [1.807, 2.05) is 35.4 Å².